The van der Waals surface area contributed by atoms with Crippen molar-refractivity contribution >= 4 is 7.60 Å². The minimum Gasteiger partial charge on any atom is -0.377 e. The molecule has 0 amide bonds. The maximum Gasteiger partial charge on any atom is 0.362 e. The molecule has 0 heterocycles. The van der Waals surface area contributed by atoms with Crippen molar-refractivity contribution in [3.05, 3.63) is 12.2 Å². The minimum absolute atomic E-state index is 1.18. The monoisotopic (exact) mass is 180 g/mol. The van der Waals surface area contributed by atoms with E-state index in [9.17, 15) is 4.57 Å². The number of aliphatic hydroxyl groups is 1. The molecule has 0 aromatic heterocycles. The molecule has 1 atom stereocenters. The molecule has 0 aliphatic heterocycles. The van der Waals surface area contributed by atoms with Gasteiger partial charge in [0.1, 0.15) is 0 Å². The first-order valence-electron chi connectivity index (χ1n) is 3.12. The Kier molecular flexibility index (Phi) is 4.61. The van der Waals surface area contributed by atoms with Crippen LogP contribution in [0.2, 0.25) is 0 Å². The fourth-order valence-corrected chi connectivity index (χ4v) is 1.53. The molecule has 0 aromatic rings. The van der Waals surface area contributed by atoms with E-state index in [1.807, 2.05) is 0 Å². The van der Waals surface area contributed by atoms with E-state index in [1.54, 1.807) is 13.0 Å². The second-order valence-corrected chi connectivity index (χ2v) is 4.18. The summed E-state index contributed by atoms with van der Waals surface area (Å²) in [5.74, 6) is -1.18. The van der Waals surface area contributed by atoms with E-state index < -0.39 is 13.4 Å². The smallest absolute Gasteiger partial charge is 0.362 e. The van der Waals surface area contributed by atoms with Crippen molar-refractivity contribution in [2.24, 2.45) is 0 Å². The van der Waals surface area contributed by atoms with Gasteiger partial charge in [0.2, 0.25) is 0 Å². The number of allylic oxidation sites excluding steroid dienone is 1. The summed E-state index contributed by atoms with van der Waals surface area (Å²) in [5.41, 5.74) is 0. The highest BCUT2D eigenvalue weighted by Crippen LogP contribution is 2.50. The third-order valence-corrected chi connectivity index (χ3v) is 3.04. The average Bonchev–Trinajstić information content (AvgIpc) is 2.03. The quantitative estimate of drug-likeness (QED) is 0.524. The molecule has 0 spiro atoms. The molecule has 0 saturated heterocycles. The molecule has 0 unspecified atom stereocenters. The highest BCUT2D eigenvalue weighted by Gasteiger charge is 2.29. The molecular formula is C6H13O4P. The van der Waals surface area contributed by atoms with Gasteiger partial charge in [-0.15, -0.1) is 0 Å². The normalized spacial score (nSPS) is 15.6. The van der Waals surface area contributed by atoms with E-state index in [4.69, 9.17) is 5.11 Å². The van der Waals surface area contributed by atoms with Crippen LogP contribution in [0, 0.1) is 0 Å². The van der Waals surface area contributed by atoms with Crippen molar-refractivity contribution in [1.29, 1.82) is 0 Å². The van der Waals surface area contributed by atoms with Gasteiger partial charge in [0.15, 0.2) is 5.85 Å². The molecule has 0 rings (SSSR count). The molecule has 0 aliphatic carbocycles. The van der Waals surface area contributed by atoms with Gasteiger partial charge in [0.05, 0.1) is 0 Å². The Morgan fingerprint density at radius 2 is 1.91 bits per heavy atom. The lowest BCUT2D eigenvalue weighted by Gasteiger charge is -2.16. The van der Waals surface area contributed by atoms with Crippen LogP contribution in [0.5, 0.6) is 0 Å². The Morgan fingerprint density at radius 3 is 2.18 bits per heavy atom. The van der Waals surface area contributed by atoms with Gasteiger partial charge in [-0.05, 0) is 13.0 Å². The molecule has 66 valence electrons. The van der Waals surface area contributed by atoms with Crippen molar-refractivity contribution in [3.63, 3.8) is 0 Å². The van der Waals surface area contributed by atoms with Gasteiger partial charge < -0.3 is 14.2 Å². The van der Waals surface area contributed by atoms with E-state index >= 15 is 0 Å². The maximum absolute atomic E-state index is 11.3. The molecule has 4 nitrogen and oxygen atoms in total. The molecule has 0 radical (unpaired) electrons. The zero-order valence-electron chi connectivity index (χ0n) is 6.85. The fourth-order valence-electron chi connectivity index (χ4n) is 0.568. The number of rotatable bonds is 4. The summed E-state index contributed by atoms with van der Waals surface area (Å²) in [5, 5.41) is 9.17. The predicted octanol–water partition coefficient (Wildman–Crippen LogP) is 1.37. The average molecular weight is 180 g/mol. The minimum atomic E-state index is -3.32. The second-order valence-electron chi connectivity index (χ2n) is 1.84. The second kappa shape index (κ2) is 4.67. The molecule has 0 saturated carbocycles. The summed E-state index contributed by atoms with van der Waals surface area (Å²) in [7, 11) is -0.854. The largest absolute Gasteiger partial charge is 0.377 e. The highest BCUT2D eigenvalue weighted by molar-refractivity contribution is 7.54. The Labute approximate surface area is 66.4 Å². The van der Waals surface area contributed by atoms with Crippen LogP contribution in [0.25, 0.3) is 0 Å². The lowest BCUT2D eigenvalue weighted by Crippen LogP contribution is -2.06. The lowest BCUT2D eigenvalue weighted by molar-refractivity contribution is 0.200. The summed E-state index contributed by atoms with van der Waals surface area (Å²) < 4.78 is 20.4. The van der Waals surface area contributed by atoms with E-state index in [1.165, 1.54) is 20.3 Å². The summed E-state index contributed by atoms with van der Waals surface area (Å²) in [4.78, 5) is 0. The van der Waals surface area contributed by atoms with Gasteiger partial charge in [-0.2, -0.15) is 0 Å². The van der Waals surface area contributed by atoms with Gasteiger partial charge in [-0.3, -0.25) is 4.57 Å². The maximum atomic E-state index is 11.3. The Balaban J connectivity index is 4.37. The zero-order valence-corrected chi connectivity index (χ0v) is 7.75. The van der Waals surface area contributed by atoms with Crippen LogP contribution < -0.4 is 0 Å². The first kappa shape index (κ1) is 10.8. The summed E-state index contributed by atoms with van der Waals surface area (Å²) in [6, 6.07) is 0. The van der Waals surface area contributed by atoms with Crippen LogP contribution in [0.1, 0.15) is 6.92 Å². The highest BCUT2D eigenvalue weighted by atomic mass is 31.2. The van der Waals surface area contributed by atoms with Crippen LogP contribution >= 0.6 is 7.60 Å². The van der Waals surface area contributed by atoms with Crippen molar-refractivity contribution in [1.82, 2.24) is 0 Å². The zero-order chi connectivity index (χ0) is 8.91. The standard InChI is InChI=1S/C6H13O4P/c1-4-5-6(7)11(8,9-2)10-3/h4-7H,1-3H3/b5-4+/t6-/m0/s1. The van der Waals surface area contributed by atoms with Crippen LogP contribution in [0.15, 0.2) is 12.2 Å². The molecular weight excluding hydrogens is 167 g/mol. The molecule has 0 bridgehead atoms. The van der Waals surface area contributed by atoms with Crippen LogP contribution in [-0.4, -0.2) is 25.2 Å². The molecule has 0 aromatic carbocycles. The predicted molar refractivity (Wildman–Crippen MR) is 42.4 cm³/mol. The van der Waals surface area contributed by atoms with Crippen LogP contribution in [-0.2, 0) is 13.6 Å². The number of hydrogen-bond donors (Lipinski definition) is 1. The summed E-state index contributed by atoms with van der Waals surface area (Å²) >= 11 is 0. The van der Waals surface area contributed by atoms with Gasteiger partial charge in [-0.25, -0.2) is 0 Å². The Morgan fingerprint density at radius 1 is 1.45 bits per heavy atom. The van der Waals surface area contributed by atoms with Gasteiger partial charge in [0, 0.05) is 14.2 Å². The van der Waals surface area contributed by atoms with Gasteiger partial charge in [-0.1, -0.05) is 6.08 Å². The first-order valence-corrected chi connectivity index (χ1v) is 4.74. The lowest BCUT2D eigenvalue weighted by atomic mass is 10.6. The third kappa shape index (κ3) is 2.75. The topological polar surface area (TPSA) is 55.8 Å². The van der Waals surface area contributed by atoms with Gasteiger partial charge in [0.25, 0.3) is 0 Å². The van der Waals surface area contributed by atoms with E-state index in [0.717, 1.165) is 0 Å². The van der Waals surface area contributed by atoms with E-state index in [-0.39, 0.29) is 0 Å². The Hall–Kier alpha value is -0.150. The summed E-state index contributed by atoms with van der Waals surface area (Å²) in [6.07, 6.45) is 2.93. The molecule has 11 heavy (non-hydrogen) atoms. The molecule has 5 heteroatoms. The summed E-state index contributed by atoms with van der Waals surface area (Å²) in [6.45, 7) is 1.71. The Bertz CT molecular complexity index is 169. The first-order chi connectivity index (χ1) is 5.10. The third-order valence-electron chi connectivity index (χ3n) is 1.20. The van der Waals surface area contributed by atoms with Crippen LogP contribution in [0.3, 0.4) is 0 Å². The number of hydrogen-bond acceptors (Lipinski definition) is 4. The molecule has 1 N–H and O–H groups in total. The van der Waals surface area contributed by atoms with Crippen molar-refractivity contribution in [2.75, 3.05) is 14.2 Å². The van der Waals surface area contributed by atoms with Gasteiger partial charge >= 0.3 is 7.60 Å². The van der Waals surface area contributed by atoms with E-state index in [2.05, 4.69) is 9.05 Å². The molecule has 0 aliphatic rings. The fraction of sp³-hybridized carbons (Fsp3) is 0.667. The van der Waals surface area contributed by atoms with E-state index in [0.29, 0.717) is 0 Å². The number of aliphatic hydroxyl groups excluding tert-OH is 1. The molecule has 0 fully saturated rings. The van der Waals surface area contributed by atoms with Crippen molar-refractivity contribution in [2.45, 2.75) is 12.8 Å². The van der Waals surface area contributed by atoms with Crippen molar-refractivity contribution in [3.8, 4) is 0 Å². The SMILES string of the molecule is C/C=C/[C@@H](O)P(=O)(OC)OC. The van der Waals surface area contributed by atoms with Crippen molar-refractivity contribution < 1.29 is 18.7 Å². The van der Waals surface area contributed by atoms with Crippen LogP contribution in [0.4, 0.5) is 0 Å².